The molecule has 0 aliphatic carbocycles. The highest BCUT2D eigenvalue weighted by Gasteiger charge is 2.31. The molecule has 3 nitrogen and oxygen atoms in total. The Bertz CT molecular complexity index is 580. The van der Waals surface area contributed by atoms with Gasteiger partial charge in [-0.15, -0.1) is 0 Å². The number of hydrogen-bond donors (Lipinski definition) is 0. The van der Waals surface area contributed by atoms with Gasteiger partial charge in [-0.2, -0.15) is 11.8 Å². The number of thioether (sulfide) groups is 1. The second-order valence-electron chi connectivity index (χ2n) is 4.97. The molecule has 7 heteroatoms. The van der Waals surface area contributed by atoms with Gasteiger partial charge in [-0.1, -0.05) is 17.7 Å². The summed E-state index contributed by atoms with van der Waals surface area (Å²) >= 11 is 7.42. The number of benzene rings is 1. The molecule has 112 valence electrons. The quantitative estimate of drug-likeness (QED) is 0.829. The van der Waals surface area contributed by atoms with Crippen LogP contribution in [0.25, 0.3) is 0 Å². The van der Waals surface area contributed by atoms with Gasteiger partial charge in [-0.25, -0.2) is 17.1 Å². The first kappa shape index (κ1) is 16.1. The fourth-order valence-electron chi connectivity index (χ4n) is 2.35. The molecule has 0 spiro atoms. The van der Waals surface area contributed by atoms with Gasteiger partial charge in [0.25, 0.3) is 0 Å². The third-order valence-electron chi connectivity index (χ3n) is 3.38. The lowest BCUT2D eigenvalue weighted by molar-refractivity contribution is 0.465. The normalized spacial score (nSPS) is 20.4. The van der Waals surface area contributed by atoms with Crippen LogP contribution in [-0.4, -0.2) is 37.8 Å². The molecule has 1 aromatic carbocycles. The molecule has 1 aliphatic rings. The molecule has 1 aromatic rings. The van der Waals surface area contributed by atoms with E-state index >= 15 is 0 Å². The van der Waals surface area contributed by atoms with Crippen molar-refractivity contribution in [1.29, 1.82) is 0 Å². The molecule has 0 aromatic heterocycles. The summed E-state index contributed by atoms with van der Waals surface area (Å²) in [6.07, 6.45) is 2.93. The number of hydrogen-bond acceptors (Lipinski definition) is 3. The van der Waals surface area contributed by atoms with E-state index in [-0.39, 0.29) is 10.8 Å². The molecule has 1 heterocycles. The molecule has 1 unspecified atom stereocenters. The van der Waals surface area contributed by atoms with Crippen LogP contribution in [0.2, 0.25) is 5.02 Å². The minimum atomic E-state index is -3.35. The monoisotopic (exact) mass is 337 g/mol. The van der Waals surface area contributed by atoms with Gasteiger partial charge < -0.3 is 0 Å². The second-order valence-corrected chi connectivity index (χ2v) is 8.26. The topological polar surface area (TPSA) is 37.4 Å². The van der Waals surface area contributed by atoms with E-state index in [4.69, 9.17) is 11.6 Å². The average Bonchev–Trinajstić information content (AvgIpc) is 2.83. The van der Waals surface area contributed by atoms with Crippen LogP contribution in [0, 0.1) is 11.7 Å². The molecule has 0 bridgehead atoms. The Morgan fingerprint density at radius 1 is 1.50 bits per heavy atom. The Kier molecular flexibility index (Phi) is 5.34. The predicted octanol–water partition coefficient (Wildman–Crippen LogP) is 2.99. The van der Waals surface area contributed by atoms with Crippen LogP contribution < -0.4 is 0 Å². The summed E-state index contributed by atoms with van der Waals surface area (Å²) < 4.78 is 39.3. The lowest BCUT2D eigenvalue weighted by atomic mass is 10.2. The maximum atomic E-state index is 13.1. The summed E-state index contributed by atoms with van der Waals surface area (Å²) in [5, 5.41) is -0.0422. The van der Waals surface area contributed by atoms with E-state index < -0.39 is 15.8 Å². The van der Waals surface area contributed by atoms with Crippen LogP contribution in [-0.2, 0) is 15.8 Å². The average molecular weight is 338 g/mol. The largest absolute Gasteiger partial charge is 0.218 e. The van der Waals surface area contributed by atoms with Gasteiger partial charge in [0, 0.05) is 13.1 Å². The molecular formula is C13H17ClFNO2S2. The van der Waals surface area contributed by atoms with Crippen molar-refractivity contribution in [2.45, 2.75) is 12.2 Å². The lowest BCUT2D eigenvalue weighted by Gasteiger charge is -2.16. The first-order valence-corrected chi connectivity index (χ1v) is 9.71. The van der Waals surface area contributed by atoms with Crippen molar-refractivity contribution in [1.82, 2.24) is 4.31 Å². The van der Waals surface area contributed by atoms with Crippen LogP contribution in [0.15, 0.2) is 18.2 Å². The summed E-state index contributed by atoms with van der Waals surface area (Å²) in [6, 6.07) is 4.05. The zero-order chi connectivity index (χ0) is 14.8. The van der Waals surface area contributed by atoms with E-state index in [1.54, 1.807) is 11.8 Å². The van der Waals surface area contributed by atoms with Gasteiger partial charge in [0.05, 0.1) is 10.8 Å². The standard InChI is InChI=1S/C13H17ClFNO2S2/c1-19-8-11-4-5-16(7-11)20(17,18)9-10-2-3-13(15)12(14)6-10/h2-3,6,11H,4-5,7-9H2,1H3. The Hall–Kier alpha value is -0.300. The zero-order valence-corrected chi connectivity index (χ0v) is 13.6. The van der Waals surface area contributed by atoms with E-state index in [0.717, 1.165) is 12.2 Å². The number of rotatable bonds is 5. The molecule has 1 aliphatic heterocycles. The van der Waals surface area contributed by atoms with Crippen molar-refractivity contribution in [3.63, 3.8) is 0 Å². The summed E-state index contributed by atoms with van der Waals surface area (Å²) in [5.41, 5.74) is 0.518. The van der Waals surface area contributed by atoms with E-state index in [2.05, 4.69) is 0 Å². The predicted molar refractivity (Wildman–Crippen MR) is 82.1 cm³/mol. The van der Waals surface area contributed by atoms with Crippen molar-refractivity contribution in [3.05, 3.63) is 34.6 Å². The third-order valence-corrected chi connectivity index (χ3v) is 6.29. The van der Waals surface area contributed by atoms with Crippen molar-refractivity contribution in [2.75, 3.05) is 25.1 Å². The zero-order valence-electron chi connectivity index (χ0n) is 11.2. The fourth-order valence-corrected chi connectivity index (χ4v) is 4.90. The summed E-state index contributed by atoms with van der Waals surface area (Å²) in [7, 11) is -3.35. The van der Waals surface area contributed by atoms with Gasteiger partial charge in [0.2, 0.25) is 10.0 Å². The molecule has 0 saturated carbocycles. The van der Waals surface area contributed by atoms with Crippen molar-refractivity contribution in [3.8, 4) is 0 Å². The number of sulfonamides is 1. The smallest absolute Gasteiger partial charge is 0.212 e. The van der Waals surface area contributed by atoms with Crippen LogP contribution in [0.4, 0.5) is 4.39 Å². The maximum Gasteiger partial charge on any atom is 0.218 e. The fraction of sp³-hybridized carbons (Fsp3) is 0.538. The number of halogens is 2. The minimum Gasteiger partial charge on any atom is -0.212 e. The number of nitrogens with zero attached hydrogens (tertiary/aromatic N) is 1. The van der Waals surface area contributed by atoms with Gasteiger partial charge in [-0.05, 0) is 42.0 Å². The first-order chi connectivity index (χ1) is 9.42. The van der Waals surface area contributed by atoms with E-state index in [0.29, 0.717) is 24.6 Å². The molecule has 1 fully saturated rings. The molecular weight excluding hydrogens is 321 g/mol. The van der Waals surface area contributed by atoms with Gasteiger partial charge >= 0.3 is 0 Å². The molecule has 1 saturated heterocycles. The highest BCUT2D eigenvalue weighted by Crippen LogP contribution is 2.25. The Morgan fingerprint density at radius 3 is 2.90 bits per heavy atom. The SMILES string of the molecule is CSCC1CCN(S(=O)(=O)Cc2ccc(F)c(Cl)c2)C1. The summed E-state index contributed by atoms with van der Waals surface area (Å²) in [4.78, 5) is 0. The van der Waals surface area contributed by atoms with Gasteiger partial charge in [-0.3, -0.25) is 0 Å². The van der Waals surface area contributed by atoms with E-state index in [1.807, 2.05) is 6.26 Å². The lowest BCUT2D eigenvalue weighted by Crippen LogP contribution is -2.30. The van der Waals surface area contributed by atoms with Crippen molar-refractivity contribution in [2.24, 2.45) is 5.92 Å². The molecule has 20 heavy (non-hydrogen) atoms. The first-order valence-electron chi connectivity index (χ1n) is 6.33. The van der Waals surface area contributed by atoms with Gasteiger partial charge in [0.1, 0.15) is 5.82 Å². The van der Waals surface area contributed by atoms with Crippen molar-refractivity contribution < 1.29 is 12.8 Å². The minimum absolute atomic E-state index is 0.0422. The Labute approximate surface area is 128 Å². The summed E-state index contributed by atoms with van der Waals surface area (Å²) in [5.74, 6) is 0.749. The maximum absolute atomic E-state index is 13.1. The highest BCUT2D eigenvalue weighted by molar-refractivity contribution is 7.98. The van der Waals surface area contributed by atoms with Crippen molar-refractivity contribution >= 4 is 33.4 Å². The third kappa shape index (κ3) is 3.87. The Balaban J connectivity index is 2.06. The molecule has 0 N–H and O–H groups in total. The molecule has 2 rings (SSSR count). The van der Waals surface area contributed by atoms with Gasteiger partial charge in [0.15, 0.2) is 0 Å². The van der Waals surface area contributed by atoms with Crippen LogP contribution in [0.3, 0.4) is 0 Å². The van der Waals surface area contributed by atoms with Crippen LogP contribution in [0.1, 0.15) is 12.0 Å². The van der Waals surface area contributed by atoms with E-state index in [1.165, 1.54) is 22.5 Å². The van der Waals surface area contributed by atoms with Crippen LogP contribution in [0.5, 0.6) is 0 Å². The van der Waals surface area contributed by atoms with E-state index in [9.17, 15) is 12.8 Å². The Morgan fingerprint density at radius 2 is 2.25 bits per heavy atom. The molecule has 0 radical (unpaired) electrons. The highest BCUT2D eigenvalue weighted by atomic mass is 35.5. The summed E-state index contributed by atoms with van der Waals surface area (Å²) in [6.45, 7) is 1.15. The molecule has 1 atom stereocenters. The molecule has 0 amide bonds. The van der Waals surface area contributed by atoms with Crippen LogP contribution >= 0.6 is 23.4 Å². The second kappa shape index (κ2) is 6.64.